The van der Waals surface area contributed by atoms with E-state index in [-0.39, 0.29) is 17.5 Å². The Morgan fingerprint density at radius 3 is 2.52 bits per heavy atom. The summed E-state index contributed by atoms with van der Waals surface area (Å²) in [4.78, 5) is 25.7. The summed E-state index contributed by atoms with van der Waals surface area (Å²) in [6, 6.07) is 8.48. The van der Waals surface area contributed by atoms with Crippen molar-refractivity contribution in [3.05, 3.63) is 30.3 Å². The van der Waals surface area contributed by atoms with Crippen molar-refractivity contribution in [2.45, 2.75) is 32.4 Å². The lowest BCUT2D eigenvalue weighted by Gasteiger charge is -2.26. The van der Waals surface area contributed by atoms with Gasteiger partial charge in [-0.3, -0.25) is 4.79 Å². The molecule has 0 radical (unpaired) electrons. The molecule has 0 spiro atoms. The molecule has 0 aromatic heterocycles. The number of nitrogens with zero attached hydrogens (tertiary/aromatic N) is 1. The maximum Gasteiger partial charge on any atom is 0.347 e. The first-order chi connectivity index (χ1) is 11.8. The van der Waals surface area contributed by atoms with Crippen LogP contribution in [0.3, 0.4) is 0 Å². The van der Waals surface area contributed by atoms with Crippen molar-refractivity contribution < 1.29 is 27.5 Å². The first-order valence-corrected chi connectivity index (χ1v) is 10.0. The standard InChI is InChI=1S/C17H23NO6S/c1-3-18(14-9-10-25(21,22)12-14)16(19)11-23-17(20)13(2)24-15-7-5-4-6-8-15/h4-8,13-14H,3,9-12H2,1-2H3. The second-order valence-corrected chi connectivity index (χ2v) is 8.15. The fourth-order valence-corrected chi connectivity index (χ4v) is 4.47. The average molecular weight is 369 g/mol. The van der Waals surface area contributed by atoms with Crippen LogP contribution < -0.4 is 4.74 Å². The molecule has 25 heavy (non-hydrogen) atoms. The molecule has 138 valence electrons. The summed E-state index contributed by atoms with van der Waals surface area (Å²) >= 11 is 0. The largest absolute Gasteiger partial charge is 0.479 e. The first-order valence-electron chi connectivity index (χ1n) is 8.20. The van der Waals surface area contributed by atoms with Crippen molar-refractivity contribution >= 4 is 21.7 Å². The molecule has 2 atom stereocenters. The van der Waals surface area contributed by atoms with Gasteiger partial charge in [-0.2, -0.15) is 0 Å². The van der Waals surface area contributed by atoms with E-state index in [2.05, 4.69) is 0 Å². The van der Waals surface area contributed by atoms with Crippen molar-refractivity contribution in [1.82, 2.24) is 4.90 Å². The van der Waals surface area contributed by atoms with Gasteiger partial charge < -0.3 is 14.4 Å². The van der Waals surface area contributed by atoms with Crippen LogP contribution in [0.5, 0.6) is 5.75 Å². The molecule has 8 heteroatoms. The molecule has 2 unspecified atom stereocenters. The molecule has 1 fully saturated rings. The van der Waals surface area contributed by atoms with Crippen molar-refractivity contribution in [2.24, 2.45) is 0 Å². The smallest absolute Gasteiger partial charge is 0.347 e. The molecule has 0 N–H and O–H groups in total. The zero-order valence-corrected chi connectivity index (χ0v) is 15.2. The van der Waals surface area contributed by atoms with Crippen molar-refractivity contribution in [1.29, 1.82) is 0 Å². The zero-order valence-electron chi connectivity index (χ0n) is 14.4. The number of sulfone groups is 1. The number of esters is 1. The van der Waals surface area contributed by atoms with Gasteiger partial charge in [0.1, 0.15) is 5.75 Å². The number of carbonyl (C=O) groups is 2. The van der Waals surface area contributed by atoms with Crippen molar-refractivity contribution in [3.63, 3.8) is 0 Å². The second kappa shape index (κ2) is 8.33. The van der Waals surface area contributed by atoms with E-state index in [1.807, 2.05) is 6.07 Å². The number of ether oxygens (including phenoxy) is 2. The van der Waals surface area contributed by atoms with Crippen molar-refractivity contribution in [2.75, 3.05) is 24.7 Å². The average Bonchev–Trinajstić information content (AvgIpc) is 2.93. The Morgan fingerprint density at radius 1 is 1.28 bits per heavy atom. The van der Waals surface area contributed by atoms with E-state index in [0.29, 0.717) is 18.7 Å². The lowest BCUT2D eigenvalue weighted by molar-refractivity contribution is -0.158. The minimum atomic E-state index is -3.09. The predicted molar refractivity (Wildman–Crippen MR) is 91.9 cm³/mol. The summed E-state index contributed by atoms with van der Waals surface area (Å²) in [7, 11) is -3.09. The lowest BCUT2D eigenvalue weighted by atomic mass is 10.2. The van der Waals surface area contributed by atoms with Crippen LogP contribution in [0.25, 0.3) is 0 Å². The number of rotatable bonds is 7. The van der Waals surface area contributed by atoms with Gasteiger partial charge in [0.15, 0.2) is 22.5 Å². The Balaban J connectivity index is 1.84. The molecule has 1 aromatic carbocycles. The van der Waals surface area contributed by atoms with Crippen LogP contribution in [0.1, 0.15) is 20.3 Å². The van der Waals surface area contributed by atoms with Crippen LogP contribution in [-0.4, -0.2) is 62.0 Å². The maximum atomic E-state index is 12.3. The van der Waals surface area contributed by atoms with Gasteiger partial charge in [0.25, 0.3) is 5.91 Å². The van der Waals surface area contributed by atoms with E-state index in [1.165, 1.54) is 4.90 Å². The number of amides is 1. The Hall–Kier alpha value is -2.09. The van der Waals surface area contributed by atoms with Crippen LogP contribution in [0, 0.1) is 0 Å². The summed E-state index contributed by atoms with van der Waals surface area (Å²) in [6.07, 6.45) is -0.430. The highest BCUT2D eigenvalue weighted by atomic mass is 32.2. The molecular formula is C17H23NO6S. The van der Waals surface area contributed by atoms with Crippen LogP contribution in [0.2, 0.25) is 0 Å². The Bertz CT molecular complexity index is 703. The molecule has 2 rings (SSSR count). The molecule has 1 aliphatic rings. The minimum Gasteiger partial charge on any atom is -0.479 e. The normalized spacial score (nSPS) is 19.8. The Kier molecular flexibility index (Phi) is 6.41. The maximum absolute atomic E-state index is 12.3. The van der Waals surface area contributed by atoms with Gasteiger partial charge in [0, 0.05) is 12.6 Å². The molecule has 1 aliphatic heterocycles. The van der Waals surface area contributed by atoms with E-state index in [1.54, 1.807) is 38.1 Å². The van der Waals surface area contributed by atoms with Gasteiger partial charge in [-0.1, -0.05) is 18.2 Å². The predicted octanol–water partition coefficient (Wildman–Crippen LogP) is 1.03. The topological polar surface area (TPSA) is 90.0 Å². The second-order valence-electron chi connectivity index (χ2n) is 5.92. The quantitative estimate of drug-likeness (QED) is 0.667. The van der Waals surface area contributed by atoms with Gasteiger partial charge in [0.2, 0.25) is 0 Å². The monoisotopic (exact) mass is 369 g/mol. The van der Waals surface area contributed by atoms with Crippen LogP contribution >= 0.6 is 0 Å². The summed E-state index contributed by atoms with van der Waals surface area (Å²) in [5.74, 6) is -0.459. The minimum absolute atomic E-state index is 0.0337. The zero-order chi connectivity index (χ0) is 18.4. The molecule has 1 amide bonds. The molecule has 0 aliphatic carbocycles. The fraction of sp³-hybridized carbons (Fsp3) is 0.529. The number of hydrogen-bond acceptors (Lipinski definition) is 6. The van der Waals surface area contributed by atoms with E-state index >= 15 is 0 Å². The number of likely N-dealkylation sites (N-methyl/N-ethyl adjacent to an activating group) is 1. The number of para-hydroxylation sites is 1. The van der Waals surface area contributed by atoms with Gasteiger partial charge in [-0.05, 0) is 32.4 Å². The van der Waals surface area contributed by atoms with E-state index in [9.17, 15) is 18.0 Å². The van der Waals surface area contributed by atoms with Gasteiger partial charge in [-0.15, -0.1) is 0 Å². The third-order valence-corrected chi connectivity index (χ3v) is 5.79. The van der Waals surface area contributed by atoms with Crippen LogP contribution in [-0.2, 0) is 24.2 Å². The summed E-state index contributed by atoms with van der Waals surface area (Å²) < 4.78 is 33.6. The molecule has 7 nitrogen and oxygen atoms in total. The SMILES string of the molecule is CCN(C(=O)COC(=O)C(C)Oc1ccccc1)C1CCS(=O)(=O)C1. The molecule has 1 saturated heterocycles. The van der Waals surface area contributed by atoms with Gasteiger partial charge in [0.05, 0.1) is 11.5 Å². The third kappa shape index (κ3) is 5.45. The summed E-state index contributed by atoms with van der Waals surface area (Å²) in [5, 5.41) is 0. The molecule has 1 aromatic rings. The highest BCUT2D eigenvalue weighted by Crippen LogP contribution is 2.18. The third-order valence-electron chi connectivity index (χ3n) is 4.04. The summed E-state index contributed by atoms with van der Waals surface area (Å²) in [5.41, 5.74) is 0. The molecular weight excluding hydrogens is 346 g/mol. The molecule has 1 heterocycles. The van der Waals surface area contributed by atoms with E-state index in [0.717, 1.165) is 0 Å². The molecule has 0 bridgehead atoms. The van der Waals surface area contributed by atoms with E-state index < -0.39 is 34.4 Å². The number of benzene rings is 1. The Labute approximate surface area is 147 Å². The highest BCUT2D eigenvalue weighted by Gasteiger charge is 2.34. The first kappa shape index (κ1) is 19.2. The highest BCUT2D eigenvalue weighted by molar-refractivity contribution is 7.91. The number of hydrogen-bond donors (Lipinski definition) is 0. The van der Waals surface area contributed by atoms with Gasteiger partial charge >= 0.3 is 5.97 Å². The Morgan fingerprint density at radius 2 is 1.96 bits per heavy atom. The van der Waals surface area contributed by atoms with Crippen LogP contribution in [0.4, 0.5) is 0 Å². The lowest BCUT2D eigenvalue weighted by Crippen LogP contribution is -2.43. The summed E-state index contributed by atoms with van der Waals surface area (Å²) in [6.45, 7) is 3.26. The fourth-order valence-electron chi connectivity index (χ4n) is 2.74. The molecule has 0 saturated carbocycles. The van der Waals surface area contributed by atoms with E-state index in [4.69, 9.17) is 9.47 Å². The number of carbonyl (C=O) groups excluding carboxylic acids is 2. The van der Waals surface area contributed by atoms with Gasteiger partial charge in [-0.25, -0.2) is 13.2 Å². The van der Waals surface area contributed by atoms with Crippen LogP contribution in [0.15, 0.2) is 30.3 Å². The van der Waals surface area contributed by atoms with Crippen molar-refractivity contribution in [3.8, 4) is 5.75 Å².